The van der Waals surface area contributed by atoms with E-state index in [9.17, 15) is 4.79 Å². The molecule has 0 aliphatic rings. The van der Waals surface area contributed by atoms with Crippen molar-refractivity contribution in [1.29, 1.82) is 0 Å². The molecule has 3 rings (SSSR count). The van der Waals surface area contributed by atoms with Crippen LogP contribution < -0.4 is 15.4 Å². The molecule has 138 valence electrons. The van der Waals surface area contributed by atoms with Gasteiger partial charge in [0.1, 0.15) is 5.75 Å². The van der Waals surface area contributed by atoms with Gasteiger partial charge in [-0.05, 0) is 48.0 Å². The molecule has 0 unspecified atom stereocenters. The van der Waals surface area contributed by atoms with Crippen LogP contribution in [0.15, 0.2) is 72.8 Å². The summed E-state index contributed by atoms with van der Waals surface area (Å²) in [4.78, 5) is 12.0. The molecule has 0 aliphatic carbocycles. The van der Waals surface area contributed by atoms with Gasteiger partial charge in [0.15, 0.2) is 6.61 Å². The Hall–Kier alpha value is -2.69. The Morgan fingerprint density at radius 2 is 1.67 bits per heavy atom. The van der Waals surface area contributed by atoms with Crippen LogP contribution in [0.25, 0.3) is 0 Å². The van der Waals surface area contributed by atoms with Gasteiger partial charge < -0.3 is 15.4 Å². The summed E-state index contributed by atoms with van der Waals surface area (Å²) in [7, 11) is 0. The lowest BCUT2D eigenvalue weighted by atomic mass is 10.2. The zero-order chi connectivity index (χ0) is 19.1. The van der Waals surface area contributed by atoms with Gasteiger partial charge in [0.2, 0.25) is 0 Å². The Kier molecular flexibility index (Phi) is 6.58. The summed E-state index contributed by atoms with van der Waals surface area (Å²) in [6.07, 6.45) is 0. The highest BCUT2D eigenvalue weighted by molar-refractivity contribution is 6.32. The van der Waals surface area contributed by atoms with Gasteiger partial charge >= 0.3 is 0 Å². The molecule has 27 heavy (non-hydrogen) atoms. The highest BCUT2D eigenvalue weighted by Gasteiger charge is 2.07. The second-order valence-electron chi connectivity index (χ2n) is 5.83. The standard InChI is InChI=1S/C21H18Cl2N2O2/c22-16-5-4-8-18(12-16)24-13-15-9-10-20(19(23)11-15)27-14-21(26)25-17-6-2-1-3-7-17/h1-12,24H,13-14H2,(H,25,26). The zero-order valence-electron chi connectivity index (χ0n) is 14.4. The van der Waals surface area contributed by atoms with Crippen molar-refractivity contribution >= 4 is 40.5 Å². The predicted octanol–water partition coefficient (Wildman–Crippen LogP) is 5.62. The fourth-order valence-electron chi connectivity index (χ4n) is 2.44. The summed E-state index contributed by atoms with van der Waals surface area (Å²) in [5.41, 5.74) is 2.64. The van der Waals surface area contributed by atoms with E-state index in [2.05, 4.69) is 10.6 Å². The van der Waals surface area contributed by atoms with Crippen molar-refractivity contribution in [2.75, 3.05) is 17.2 Å². The number of carbonyl (C=O) groups is 1. The SMILES string of the molecule is O=C(COc1ccc(CNc2cccc(Cl)c2)cc1Cl)Nc1ccccc1. The zero-order valence-corrected chi connectivity index (χ0v) is 15.9. The summed E-state index contributed by atoms with van der Waals surface area (Å²) >= 11 is 12.2. The molecule has 3 aromatic carbocycles. The van der Waals surface area contributed by atoms with Crippen molar-refractivity contribution in [3.63, 3.8) is 0 Å². The number of amides is 1. The van der Waals surface area contributed by atoms with Gasteiger partial charge in [0.05, 0.1) is 5.02 Å². The number of nitrogens with one attached hydrogen (secondary N) is 2. The van der Waals surface area contributed by atoms with Crippen molar-refractivity contribution in [2.24, 2.45) is 0 Å². The summed E-state index contributed by atoms with van der Waals surface area (Å²) < 4.78 is 5.52. The van der Waals surface area contributed by atoms with Gasteiger partial charge in [-0.2, -0.15) is 0 Å². The van der Waals surface area contributed by atoms with E-state index in [1.165, 1.54) is 0 Å². The highest BCUT2D eigenvalue weighted by atomic mass is 35.5. The lowest BCUT2D eigenvalue weighted by molar-refractivity contribution is -0.118. The molecule has 2 N–H and O–H groups in total. The average molecular weight is 401 g/mol. The van der Waals surface area contributed by atoms with E-state index in [1.807, 2.05) is 66.7 Å². The van der Waals surface area contributed by atoms with Crippen LogP contribution in [0.2, 0.25) is 10.0 Å². The molecule has 0 spiro atoms. The van der Waals surface area contributed by atoms with E-state index in [0.717, 1.165) is 16.9 Å². The van der Waals surface area contributed by atoms with Gasteiger partial charge in [-0.3, -0.25) is 4.79 Å². The topological polar surface area (TPSA) is 50.4 Å². The molecule has 0 atom stereocenters. The predicted molar refractivity (Wildman–Crippen MR) is 111 cm³/mol. The Balaban J connectivity index is 1.52. The molecule has 0 saturated carbocycles. The van der Waals surface area contributed by atoms with Gasteiger partial charge in [-0.25, -0.2) is 0 Å². The molecule has 3 aromatic rings. The van der Waals surface area contributed by atoms with E-state index in [4.69, 9.17) is 27.9 Å². The third kappa shape index (κ3) is 5.91. The van der Waals surface area contributed by atoms with E-state index < -0.39 is 0 Å². The van der Waals surface area contributed by atoms with Crippen molar-refractivity contribution in [1.82, 2.24) is 0 Å². The first kappa shape index (κ1) is 19.1. The lowest BCUT2D eigenvalue weighted by Crippen LogP contribution is -2.20. The summed E-state index contributed by atoms with van der Waals surface area (Å²) in [6, 6.07) is 22.2. The first-order valence-corrected chi connectivity index (χ1v) is 9.11. The Labute approximate surface area is 168 Å². The lowest BCUT2D eigenvalue weighted by Gasteiger charge is -2.11. The van der Waals surface area contributed by atoms with Crippen molar-refractivity contribution in [3.8, 4) is 5.75 Å². The Morgan fingerprint density at radius 1 is 0.889 bits per heavy atom. The van der Waals surface area contributed by atoms with E-state index >= 15 is 0 Å². The Bertz CT molecular complexity index is 917. The van der Waals surface area contributed by atoms with Crippen LogP contribution in [0, 0.1) is 0 Å². The van der Waals surface area contributed by atoms with Gasteiger partial charge in [0.25, 0.3) is 5.91 Å². The number of anilines is 2. The fourth-order valence-corrected chi connectivity index (χ4v) is 2.88. The van der Waals surface area contributed by atoms with E-state index in [1.54, 1.807) is 6.07 Å². The van der Waals surface area contributed by atoms with Crippen LogP contribution in [-0.4, -0.2) is 12.5 Å². The van der Waals surface area contributed by atoms with E-state index in [-0.39, 0.29) is 12.5 Å². The maximum atomic E-state index is 12.0. The minimum absolute atomic E-state index is 0.116. The first-order chi connectivity index (χ1) is 13.1. The Morgan fingerprint density at radius 3 is 2.41 bits per heavy atom. The monoisotopic (exact) mass is 400 g/mol. The second-order valence-corrected chi connectivity index (χ2v) is 6.68. The molecular weight excluding hydrogens is 383 g/mol. The highest BCUT2D eigenvalue weighted by Crippen LogP contribution is 2.26. The fraction of sp³-hybridized carbons (Fsp3) is 0.0952. The average Bonchev–Trinajstić information content (AvgIpc) is 2.66. The van der Waals surface area contributed by atoms with Crippen molar-refractivity contribution in [3.05, 3.63) is 88.4 Å². The maximum Gasteiger partial charge on any atom is 0.262 e. The molecule has 0 aliphatic heterocycles. The van der Waals surface area contributed by atoms with Crippen LogP contribution in [0.3, 0.4) is 0 Å². The largest absolute Gasteiger partial charge is 0.482 e. The minimum atomic E-state index is -0.246. The minimum Gasteiger partial charge on any atom is -0.482 e. The van der Waals surface area contributed by atoms with Crippen LogP contribution in [0.5, 0.6) is 5.75 Å². The van der Waals surface area contributed by atoms with Crippen LogP contribution in [0.1, 0.15) is 5.56 Å². The molecular formula is C21H18Cl2N2O2. The number of rotatable bonds is 7. The number of hydrogen-bond donors (Lipinski definition) is 2. The first-order valence-electron chi connectivity index (χ1n) is 8.36. The van der Waals surface area contributed by atoms with Gasteiger partial charge in [-0.15, -0.1) is 0 Å². The van der Waals surface area contributed by atoms with Crippen LogP contribution in [0.4, 0.5) is 11.4 Å². The van der Waals surface area contributed by atoms with Crippen LogP contribution in [-0.2, 0) is 11.3 Å². The summed E-state index contributed by atoms with van der Waals surface area (Å²) in [5.74, 6) is 0.218. The third-order valence-electron chi connectivity index (χ3n) is 3.73. The third-order valence-corrected chi connectivity index (χ3v) is 4.26. The van der Waals surface area contributed by atoms with Gasteiger partial charge in [-0.1, -0.05) is 53.5 Å². The number of hydrogen-bond acceptors (Lipinski definition) is 3. The number of carbonyl (C=O) groups excluding carboxylic acids is 1. The van der Waals surface area contributed by atoms with E-state index in [0.29, 0.717) is 22.3 Å². The second kappa shape index (κ2) is 9.31. The smallest absolute Gasteiger partial charge is 0.262 e. The molecule has 1 amide bonds. The normalized spacial score (nSPS) is 10.3. The summed E-state index contributed by atoms with van der Waals surface area (Å²) in [6.45, 7) is 0.476. The molecule has 0 heterocycles. The van der Waals surface area contributed by atoms with Gasteiger partial charge in [0, 0.05) is 22.9 Å². The maximum absolute atomic E-state index is 12.0. The quantitative estimate of drug-likeness (QED) is 0.540. The molecule has 0 saturated heterocycles. The van der Waals surface area contributed by atoms with Crippen molar-refractivity contribution < 1.29 is 9.53 Å². The van der Waals surface area contributed by atoms with Crippen molar-refractivity contribution in [2.45, 2.75) is 6.54 Å². The molecule has 4 nitrogen and oxygen atoms in total. The molecule has 0 bridgehead atoms. The number of halogens is 2. The summed E-state index contributed by atoms with van der Waals surface area (Å²) in [5, 5.41) is 7.16. The number of ether oxygens (including phenoxy) is 1. The number of para-hydroxylation sites is 1. The van der Waals surface area contributed by atoms with Crippen LogP contribution >= 0.6 is 23.2 Å². The molecule has 6 heteroatoms. The molecule has 0 aromatic heterocycles. The molecule has 0 fully saturated rings. The number of benzene rings is 3. The molecule has 0 radical (unpaired) electrons.